The molecule has 0 aromatic carbocycles. The van der Waals surface area contributed by atoms with Crippen molar-refractivity contribution in [1.29, 1.82) is 0 Å². The summed E-state index contributed by atoms with van der Waals surface area (Å²) in [5.74, 6) is -0.242. The maximum atomic E-state index is 12.1. The molecule has 0 aliphatic heterocycles. The van der Waals surface area contributed by atoms with Crippen LogP contribution in [0.1, 0.15) is 26.8 Å². The number of amides is 1. The third kappa shape index (κ3) is 3.57. The van der Waals surface area contributed by atoms with Crippen molar-refractivity contribution >= 4 is 17.2 Å². The average molecular weight is 325 g/mol. The van der Waals surface area contributed by atoms with Crippen LogP contribution in [0.15, 0.2) is 36.9 Å². The van der Waals surface area contributed by atoms with Crippen molar-refractivity contribution in [2.45, 2.75) is 20.4 Å². The highest BCUT2D eigenvalue weighted by molar-refractivity contribution is 7.15. The van der Waals surface area contributed by atoms with Gasteiger partial charge in [-0.2, -0.15) is 0 Å². The molecule has 0 atom stereocenters. The molecule has 0 fully saturated rings. The number of aryl methyl sites for hydroxylation is 2. The lowest BCUT2D eigenvalue weighted by molar-refractivity contribution is 0.0946. The topological polar surface area (TPSA) is 80.7 Å². The Hall–Kier alpha value is -2.67. The second-order valence-corrected chi connectivity index (χ2v) is 6.08. The van der Waals surface area contributed by atoms with E-state index in [-0.39, 0.29) is 5.91 Å². The minimum absolute atomic E-state index is 0.242. The van der Waals surface area contributed by atoms with Gasteiger partial charge >= 0.3 is 0 Å². The van der Waals surface area contributed by atoms with E-state index in [1.165, 1.54) is 6.20 Å². The number of nitrogens with one attached hydrogen (secondary N) is 1. The highest BCUT2D eigenvalue weighted by Gasteiger charge is 2.12. The van der Waals surface area contributed by atoms with Gasteiger partial charge in [-0.05, 0) is 26.0 Å². The van der Waals surface area contributed by atoms with Crippen molar-refractivity contribution in [2.75, 3.05) is 0 Å². The second kappa shape index (κ2) is 6.62. The lowest BCUT2D eigenvalue weighted by Gasteiger charge is -2.03. The van der Waals surface area contributed by atoms with Gasteiger partial charge in [-0.25, -0.2) is 9.97 Å². The zero-order valence-electron chi connectivity index (χ0n) is 12.8. The summed E-state index contributed by atoms with van der Waals surface area (Å²) < 4.78 is 0. The second-order valence-electron chi connectivity index (χ2n) is 5.00. The molecule has 0 saturated heterocycles. The summed E-state index contributed by atoms with van der Waals surface area (Å²) in [5.41, 5.74) is 2.97. The Morgan fingerprint density at radius 3 is 2.78 bits per heavy atom. The summed E-state index contributed by atoms with van der Waals surface area (Å²) in [6.45, 7) is 4.18. The fraction of sp³-hybridized carbons (Fsp3) is 0.188. The van der Waals surface area contributed by atoms with Crippen molar-refractivity contribution in [3.63, 3.8) is 0 Å². The van der Waals surface area contributed by atoms with E-state index >= 15 is 0 Å². The van der Waals surface area contributed by atoms with Gasteiger partial charge in [0.2, 0.25) is 0 Å². The summed E-state index contributed by atoms with van der Waals surface area (Å²) in [7, 11) is 0. The molecule has 23 heavy (non-hydrogen) atoms. The lowest BCUT2D eigenvalue weighted by Crippen LogP contribution is -2.23. The molecular formula is C16H15N5OS. The van der Waals surface area contributed by atoms with Crippen LogP contribution in [0.4, 0.5) is 0 Å². The smallest absolute Gasteiger partial charge is 0.271 e. The predicted octanol–water partition coefficient (Wildman–Crippen LogP) is 2.54. The van der Waals surface area contributed by atoms with Gasteiger partial charge < -0.3 is 5.32 Å². The number of aromatic nitrogens is 4. The molecule has 0 saturated carbocycles. The Kier molecular flexibility index (Phi) is 4.38. The van der Waals surface area contributed by atoms with E-state index in [1.807, 2.05) is 26.0 Å². The van der Waals surface area contributed by atoms with Crippen molar-refractivity contribution in [2.24, 2.45) is 0 Å². The van der Waals surface area contributed by atoms with Crippen molar-refractivity contribution in [1.82, 2.24) is 25.3 Å². The van der Waals surface area contributed by atoms with Gasteiger partial charge in [0.25, 0.3) is 5.91 Å². The molecule has 116 valence electrons. The first kappa shape index (κ1) is 15.2. The minimum atomic E-state index is -0.242. The van der Waals surface area contributed by atoms with Crippen molar-refractivity contribution < 1.29 is 4.79 Å². The lowest BCUT2D eigenvalue weighted by atomic mass is 10.3. The number of hydrogen-bond acceptors (Lipinski definition) is 6. The quantitative estimate of drug-likeness (QED) is 0.797. The first-order valence-electron chi connectivity index (χ1n) is 7.07. The molecule has 0 radical (unpaired) electrons. The molecule has 0 bridgehead atoms. The Morgan fingerprint density at radius 1 is 1.22 bits per heavy atom. The van der Waals surface area contributed by atoms with Crippen molar-refractivity contribution in [3.05, 3.63) is 58.9 Å². The van der Waals surface area contributed by atoms with Gasteiger partial charge in [-0.1, -0.05) is 0 Å². The number of carbonyl (C=O) groups excluding carboxylic acids is 1. The first-order chi connectivity index (χ1) is 11.1. The first-order valence-corrected chi connectivity index (χ1v) is 7.88. The van der Waals surface area contributed by atoms with Gasteiger partial charge in [-0.15, -0.1) is 11.3 Å². The summed E-state index contributed by atoms with van der Waals surface area (Å²) in [5, 5.41) is 3.75. The van der Waals surface area contributed by atoms with E-state index in [2.05, 4.69) is 25.3 Å². The minimum Gasteiger partial charge on any atom is -0.346 e. The van der Waals surface area contributed by atoms with Crippen LogP contribution in [0, 0.1) is 13.8 Å². The largest absolute Gasteiger partial charge is 0.346 e. The molecule has 7 heteroatoms. The van der Waals surface area contributed by atoms with Gasteiger partial charge in [0, 0.05) is 29.0 Å². The van der Waals surface area contributed by atoms with E-state index in [1.54, 1.807) is 29.9 Å². The molecular weight excluding hydrogens is 310 g/mol. The van der Waals surface area contributed by atoms with Gasteiger partial charge in [0.05, 0.1) is 24.1 Å². The van der Waals surface area contributed by atoms with Crippen LogP contribution in [0.5, 0.6) is 0 Å². The standard InChI is InChI=1S/C16H15N5OS/c1-10-6-19-13(8-18-10)15(22)20-9-14-11(2)21-16(23-14)12-4-3-5-17-7-12/h3-8H,9H2,1-2H3,(H,20,22). The van der Waals surface area contributed by atoms with Crippen LogP contribution in [-0.2, 0) is 6.54 Å². The molecule has 3 heterocycles. The van der Waals surface area contributed by atoms with Crippen LogP contribution in [0.3, 0.4) is 0 Å². The molecule has 0 aliphatic rings. The van der Waals surface area contributed by atoms with Crippen LogP contribution in [0.25, 0.3) is 10.6 Å². The number of thiazole rings is 1. The van der Waals surface area contributed by atoms with Crippen LogP contribution in [0.2, 0.25) is 0 Å². The maximum Gasteiger partial charge on any atom is 0.271 e. The molecule has 0 unspecified atom stereocenters. The molecule has 0 spiro atoms. The summed E-state index contributed by atoms with van der Waals surface area (Å²) in [6, 6.07) is 3.85. The molecule has 3 aromatic heterocycles. The van der Waals surface area contributed by atoms with Crippen LogP contribution in [-0.4, -0.2) is 25.8 Å². The fourth-order valence-corrected chi connectivity index (χ4v) is 2.96. The van der Waals surface area contributed by atoms with E-state index < -0.39 is 0 Å². The van der Waals surface area contributed by atoms with E-state index in [0.717, 1.165) is 26.8 Å². The molecule has 3 rings (SSSR count). The Labute approximate surface area is 137 Å². The molecule has 6 nitrogen and oxygen atoms in total. The number of hydrogen-bond donors (Lipinski definition) is 1. The average Bonchev–Trinajstić information content (AvgIpc) is 2.95. The Morgan fingerprint density at radius 2 is 2.09 bits per heavy atom. The number of nitrogens with zero attached hydrogens (tertiary/aromatic N) is 4. The molecule has 0 aliphatic carbocycles. The highest BCUT2D eigenvalue weighted by Crippen LogP contribution is 2.27. The zero-order valence-corrected chi connectivity index (χ0v) is 13.6. The number of carbonyl (C=O) groups is 1. The summed E-state index contributed by atoms with van der Waals surface area (Å²) in [6.07, 6.45) is 6.56. The van der Waals surface area contributed by atoms with E-state index in [0.29, 0.717) is 12.2 Å². The van der Waals surface area contributed by atoms with Gasteiger partial charge in [0.15, 0.2) is 0 Å². The maximum absolute atomic E-state index is 12.1. The van der Waals surface area contributed by atoms with Crippen molar-refractivity contribution in [3.8, 4) is 10.6 Å². The van der Waals surface area contributed by atoms with E-state index in [9.17, 15) is 4.79 Å². The fourth-order valence-electron chi connectivity index (χ4n) is 1.97. The summed E-state index contributed by atoms with van der Waals surface area (Å²) >= 11 is 1.55. The number of rotatable bonds is 4. The molecule has 1 amide bonds. The Balaban J connectivity index is 1.70. The van der Waals surface area contributed by atoms with Gasteiger partial charge in [-0.3, -0.25) is 14.8 Å². The third-order valence-electron chi connectivity index (χ3n) is 3.22. The van der Waals surface area contributed by atoms with Gasteiger partial charge in [0.1, 0.15) is 10.7 Å². The zero-order chi connectivity index (χ0) is 16.2. The van der Waals surface area contributed by atoms with Crippen LogP contribution >= 0.6 is 11.3 Å². The number of pyridine rings is 1. The third-order valence-corrected chi connectivity index (χ3v) is 4.43. The SMILES string of the molecule is Cc1cnc(C(=O)NCc2sc(-c3cccnc3)nc2C)cn1. The summed E-state index contributed by atoms with van der Waals surface area (Å²) in [4.78, 5) is 29.9. The Bertz CT molecular complexity index is 814. The monoisotopic (exact) mass is 325 g/mol. The van der Waals surface area contributed by atoms with E-state index in [4.69, 9.17) is 0 Å². The van der Waals surface area contributed by atoms with Crippen LogP contribution < -0.4 is 5.32 Å². The molecule has 3 aromatic rings. The highest BCUT2D eigenvalue weighted by atomic mass is 32.1. The normalized spacial score (nSPS) is 10.5. The predicted molar refractivity (Wildman–Crippen MR) is 88.0 cm³/mol. The molecule has 1 N–H and O–H groups in total.